The van der Waals surface area contributed by atoms with Crippen LogP contribution >= 0.6 is 11.8 Å². The van der Waals surface area contributed by atoms with E-state index in [1.165, 1.54) is 6.42 Å². The quantitative estimate of drug-likeness (QED) is 0.261. The standard InChI is InChI=1S/C8H18N4S/c1-3-10-8(12-9)11-7-4-6(2)13-5-7/h6-7H,3-5,9H2,1-2H3,(H2,10,11,12). The van der Waals surface area contributed by atoms with Gasteiger partial charge in [0.1, 0.15) is 0 Å². The molecule has 0 aliphatic carbocycles. The SMILES string of the molecule is CCN=C(NN)NC1CSC(C)C1. The fraction of sp³-hybridized carbons (Fsp3) is 0.875. The summed E-state index contributed by atoms with van der Waals surface area (Å²) in [6.07, 6.45) is 1.19. The summed E-state index contributed by atoms with van der Waals surface area (Å²) in [6.45, 7) is 4.99. The summed E-state index contributed by atoms with van der Waals surface area (Å²) in [4.78, 5) is 4.19. The molecular weight excluding hydrogens is 184 g/mol. The molecule has 5 heteroatoms. The normalized spacial score (nSPS) is 29.0. The van der Waals surface area contributed by atoms with Crippen LogP contribution in [-0.2, 0) is 0 Å². The number of hydrogen-bond donors (Lipinski definition) is 3. The van der Waals surface area contributed by atoms with Crippen LogP contribution < -0.4 is 16.6 Å². The van der Waals surface area contributed by atoms with E-state index >= 15 is 0 Å². The first-order chi connectivity index (χ1) is 6.26. The number of hydrogen-bond acceptors (Lipinski definition) is 3. The summed E-state index contributed by atoms with van der Waals surface area (Å²) >= 11 is 1.99. The molecule has 1 saturated heterocycles. The Hall–Kier alpha value is -0.420. The minimum Gasteiger partial charge on any atom is -0.352 e. The molecule has 0 saturated carbocycles. The van der Waals surface area contributed by atoms with Crippen LogP contribution in [0.4, 0.5) is 0 Å². The molecule has 0 aromatic rings. The molecule has 0 aromatic heterocycles. The monoisotopic (exact) mass is 202 g/mol. The van der Waals surface area contributed by atoms with Crippen molar-refractivity contribution in [3.63, 3.8) is 0 Å². The second kappa shape index (κ2) is 5.34. The number of hydrazine groups is 1. The molecule has 0 radical (unpaired) electrons. The molecule has 76 valence electrons. The van der Waals surface area contributed by atoms with E-state index in [1.807, 2.05) is 18.7 Å². The first-order valence-electron chi connectivity index (χ1n) is 4.65. The summed E-state index contributed by atoms with van der Waals surface area (Å²) in [5.74, 6) is 7.18. The first-order valence-corrected chi connectivity index (χ1v) is 5.70. The molecule has 13 heavy (non-hydrogen) atoms. The van der Waals surface area contributed by atoms with Crippen LogP contribution in [0.2, 0.25) is 0 Å². The van der Waals surface area contributed by atoms with E-state index in [-0.39, 0.29) is 0 Å². The molecular formula is C8H18N4S. The lowest BCUT2D eigenvalue weighted by Gasteiger charge is -2.14. The molecule has 2 unspecified atom stereocenters. The Morgan fingerprint density at radius 1 is 1.69 bits per heavy atom. The molecule has 1 rings (SSSR count). The third kappa shape index (κ3) is 3.44. The highest BCUT2D eigenvalue weighted by atomic mass is 32.2. The van der Waals surface area contributed by atoms with Crippen molar-refractivity contribution in [2.75, 3.05) is 12.3 Å². The van der Waals surface area contributed by atoms with Crippen LogP contribution in [0.3, 0.4) is 0 Å². The van der Waals surface area contributed by atoms with Crippen LogP contribution in [0.1, 0.15) is 20.3 Å². The predicted octanol–water partition coefficient (Wildman–Crippen LogP) is 0.309. The van der Waals surface area contributed by atoms with Crippen molar-refractivity contribution in [3.05, 3.63) is 0 Å². The number of guanidine groups is 1. The van der Waals surface area contributed by atoms with Gasteiger partial charge in [0.15, 0.2) is 0 Å². The Kier molecular flexibility index (Phi) is 4.38. The topological polar surface area (TPSA) is 62.4 Å². The van der Waals surface area contributed by atoms with E-state index in [2.05, 4.69) is 22.7 Å². The van der Waals surface area contributed by atoms with Gasteiger partial charge in [-0.15, -0.1) is 0 Å². The molecule has 1 heterocycles. The van der Waals surface area contributed by atoms with E-state index in [9.17, 15) is 0 Å². The number of nitrogens with zero attached hydrogens (tertiary/aromatic N) is 1. The molecule has 1 aliphatic heterocycles. The predicted molar refractivity (Wildman–Crippen MR) is 58.8 cm³/mol. The average molecular weight is 202 g/mol. The van der Waals surface area contributed by atoms with Crippen LogP contribution in [0.25, 0.3) is 0 Å². The Balaban J connectivity index is 2.34. The Labute approximate surface area is 83.7 Å². The molecule has 0 spiro atoms. The first kappa shape index (κ1) is 10.7. The van der Waals surface area contributed by atoms with Crippen molar-refractivity contribution in [3.8, 4) is 0 Å². The lowest BCUT2D eigenvalue weighted by molar-refractivity contribution is 0.626. The zero-order valence-electron chi connectivity index (χ0n) is 8.21. The van der Waals surface area contributed by atoms with E-state index in [0.717, 1.165) is 17.5 Å². The lowest BCUT2D eigenvalue weighted by Crippen LogP contribution is -2.46. The molecule has 0 aromatic carbocycles. The van der Waals surface area contributed by atoms with Gasteiger partial charge in [0.05, 0.1) is 0 Å². The van der Waals surface area contributed by atoms with Gasteiger partial charge in [-0.1, -0.05) is 6.92 Å². The Morgan fingerprint density at radius 2 is 2.46 bits per heavy atom. The van der Waals surface area contributed by atoms with E-state index < -0.39 is 0 Å². The van der Waals surface area contributed by atoms with Gasteiger partial charge in [-0.2, -0.15) is 11.8 Å². The third-order valence-electron chi connectivity index (χ3n) is 1.99. The van der Waals surface area contributed by atoms with Crippen molar-refractivity contribution in [2.45, 2.75) is 31.6 Å². The van der Waals surface area contributed by atoms with Gasteiger partial charge in [-0.3, -0.25) is 10.4 Å². The van der Waals surface area contributed by atoms with Gasteiger partial charge in [0, 0.05) is 23.6 Å². The van der Waals surface area contributed by atoms with E-state index in [0.29, 0.717) is 12.0 Å². The van der Waals surface area contributed by atoms with Crippen LogP contribution in [-0.4, -0.2) is 29.5 Å². The summed E-state index contributed by atoms with van der Waals surface area (Å²) in [5.41, 5.74) is 2.57. The molecule has 2 atom stereocenters. The van der Waals surface area contributed by atoms with Gasteiger partial charge in [-0.25, -0.2) is 5.84 Å². The van der Waals surface area contributed by atoms with Gasteiger partial charge in [0.2, 0.25) is 5.96 Å². The van der Waals surface area contributed by atoms with Crippen molar-refractivity contribution >= 4 is 17.7 Å². The summed E-state index contributed by atoms with van der Waals surface area (Å²) < 4.78 is 0. The van der Waals surface area contributed by atoms with Crippen LogP contribution in [0.5, 0.6) is 0 Å². The van der Waals surface area contributed by atoms with Gasteiger partial charge in [0.25, 0.3) is 0 Å². The van der Waals surface area contributed by atoms with Crippen LogP contribution in [0.15, 0.2) is 4.99 Å². The number of aliphatic imine (C=N–C) groups is 1. The maximum absolute atomic E-state index is 5.32. The second-order valence-electron chi connectivity index (χ2n) is 3.19. The molecule has 4 nitrogen and oxygen atoms in total. The van der Waals surface area contributed by atoms with E-state index in [1.54, 1.807) is 0 Å². The lowest BCUT2D eigenvalue weighted by atomic mass is 10.2. The summed E-state index contributed by atoms with van der Waals surface area (Å²) in [6, 6.07) is 0.515. The molecule has 0 amide bonds. The minimum absolute atomic E-state index is 0.515. The second-order valence-corrected chi connectivity index (χ2v) is 4.66. The molecule has 1 fully saturated rings. The average Bonchev–Trinajstić information content (AvgIpc) is 2.50. The van der Waals surface area contributed by atoms with Crippen molar-refractivity contribution < 1.29 is 0 Å². The number of rotatable bonds is 2. The van der Waals surface area contributed by atoms with Crippen molar-refractivity contribution in [1.29, 1.82) is 0 Å². The highest BCUT2D eigenvalue weighted by Gasteiger charge is 2.22. The van der Waals surface area contributed by atoms with Gasteiger partial charge < -0.3 is 5.32 Å². The van der Waals surface area contributed by atoms with Crippen molar-refractivity contribution in [2.24, 2.45) is 10.8 Å². The number of nitrogens with one attached hydrogen (secondary N) is 2. The maximum atomic E-state index is 5.32. The van der Waals surface area contributed by atoms with Crippen LogP contribution in [0, 0.1) is 0 Å². The Morgan fingerprint density at radius 3 is 2.92 bits per heavy atom. The fourth-order valence-corrected chi connectivity index (χ4v) is 2.55. The largest absolute Gasteiger partial charge is 0.352 e. The third-order valence-corrected chi connectivity index (χ3v) is 3.35. The molecule has 1 aliphatic rings. The highest BCUT2D eigenvalue weighted by Crippen LogP contribution is 2.25. The van der Waals surface area contributed by atoms with Crippen molar-refractivity contribution in [1.82, 2.24) is 10.7 Å². The van der Waals surface area contributed by atoms with Gasteiger partial charge in [-0.05, 0) is 13.3 Å². The highest BCUT2D eigenvalue weighted by molar-refractivity contribution is 8.00. The smallest absolute Gasteiger partial charge is 0.205 e. The maximum Gasteiger partial charge on any atom is 0.205 e. The molecule has 4 N–H and O–H groups in total. The summed E-state index contributed by atoms with van der Waals surface area (Å²) in [7, 11) is 0. The van der Waals surface area contributed by atoms with Gasteiger partial charge >= 0.3 is 0 Å². The number of thioether (sulfide) groups is 1. The minimum atomic E-state index is 0.515. The zero-order valence-corrected chi connectivity index (χ0v) is 9.03. The Bertz CT molecular complexity index is 183. The summed E-state index contributed by atoms with van der Waals surface area (Å²) in [5, 5.41) is 4.04. The zero-order chi connectivity index (χ0) is 9.68. The molecule has 0 bridgehead atoms. The number of nitrogens with two attached hydrogens (primary N) is 1. The fourth-order valence-electron chi connectivity index (χ4n) is 1.40. The van der Waals surface area contributed by atoms with E-state index in [4.69, 9.17) is 5.84 Å².